The van der Waals surface area contributed by atoms with Gasteiger partial charge in [-0.25, -0.2) is 0 Å². The average Bonchev–Trinajstić information content (AvgIpc) is 2.59. The van der Waals surface area contributed by atoms with E-state index in [1.165, 1.54) is 0 Å². The van der Waals surface area contributed by atoms with Crippen LogP contribution in [0.15, 0.2) is 23.0 Å². The van der Waals surface area contributed by atoms with Crippen LogP contribution in [0.2, 0.25) is 0 Å². The van der Waals surface area contributed by atoms with Crippen LogP contribution in [0.3, 0.4) is 0 Å². The first kappa shape index (κ1) is 8.85. The Morgan fingerprint density at radius 2 is 2.58 bits per heavy atom. The van der Waals surface area contributed by atoms with Crippen molar-refractivity contribution in [1.29, 1.82) is 0 Å². The van der Waals surface area contributed by atoms with E-state index in [0.717, 1.165) is 5.56 Å². The molecule has 0 saturated heterocycles. The van der Waals surface area contributed by atoms with Crippen molar-refractivity contribution in [2.24, 2.45) is 5.73 Å². The zero-order chi connectivity index (χ0) is 8.81. The molecule has 12 heavy (non-hydrogen) atoms. The second-order valence-corrected chi connectivity index (χ2v) is 2.43. The molecule has 3 nitrogen and oxygen atoms in total. The van der Waals surface area contributed by atoms with E-state index in [2.05, 4.69) is 11.2 Å². The summed E-state index contributed by atoms with van der Waals surface area (Å²) in [6.45, 7) is 1.04. The predicted molar refractivity (Wildman–Crippen MR) is 47.3 cm³/mol. The first-order valence-electron chi connectivity index (χ1n) is 3.77. The van der Waals surface area contributed by atoms with Gasteiger partial charge in [0.05, 0.1) is 19.1 Å². The number of furan rings is 1. The number of hydrogen-bond donors (Lipinski definition) is 2. The van der Waals surface area contributed by atoms with E-state index in [-0.39, 0.29) is 6.04 Å². The molecule has 1 atom stereocenters. The van der Waals surface area contributed by atoms with Gasteiger partial charge in [0.15, 0.2) is 0 Å². The van der Waals surface area contributed by atoms with Gasteiger partial charge in [-0.2, -0.15) is 0 Å². The van der Waals surface area contributed by atoms with Crippen LogP contribution in [-0.2, 0) is 0 Å². The highest BCUT2D eigenvalue weighted by Crippen LogP contribution is 2.10. The summed E-state index contributed by atoms with van der Waals surface area (Å²) in [6, 6.07) is 1.97. The van der Waals surface area contributed by atoms with E-state index in [0.29, 0.717) is 13.1 Å². The molecule has 0 fully saturated rings. The van der Waals surface area contributed by atoms with Gasteiger partial charge in [-0.3, -0.25) is 5.32 Å². The second kappa shape index (κ2) is 4.60. The van der Waals surface area contributed by atoms with Crippen molar-refractivity contribution in [2.75, 3.05) is 13.1 Å². The van der Waals surface area contributed by atoms with Crippen molar-refractivity contribution in [3.63, 3.8) is 0 Å². The van der Waals surface area contributed by atoms with Crippen molar-refractivity contribution in [1.82, 2.24) is 5.32 Å². The lowest BCUT2D eigenvalue weighted by molar-refractivity contribution is 0.540. The van der Waals surface area contributed by atoms with Gasteiger partial charge in [0.1, 0.15) is 0 Å². The number of rotatable bonds is 4. The van der Waals surface area contributed by atoms with Gasteiger partial charge < -0.3 is 10.2 Å². The molecule has 1 aromatic heterocycles. The molecule has 0 bridgehead atoms. The van der Waals surface area contributed by atoms with Gasteiger partial charge in [-0.1, -0.05) is 5.92 Å². The molecule has 1 heterocycles. The summed E-state index contributed by atoms with van der Waals surface area (Å²) in [7, 11) is 0. The Hall–Kier alpha value is -1.24. The Bertz CT molecular complexity index is 248. The molecule has 0 aliphatic heterocycles. The van der Waals surface area contributed by atoms with Gasteiger partial charge >= 0.3 is 0 Å². The van der Waals surface area contributed by atoms with E-state index in [4.69, 9.17) is 16.6 Å². The minimum atomic E-state index is 0.0970. The van der Waals surface area contributed by atoms with Crippen molar-refractivity contribution in [2.45, 2.75) is 6.04 Å². The smallest absolute Gasteiger partial charge is 0.0950 e. The monoisotopic (exact) mass is 164 g/mol. The lowest BCUT2D eigenvalue weighted by Crippen LogP contribution is -2.27. The fourth-order valence-electron chi connectivity index (χ4n) is 0.993. The summed E-state index contributed by atoms with van der Waals surface area (Å²) in [5, 5.41) is 3.10. The average molecular weight is 164 g/mol. The topological polar surface area (TPSA) is 51.2 Å². The second-order valence-electron chi connectivity index (χ2n) is 2.43. The van der Waals surface area contributed by atoms with E-state index >= 15 is 0 Å². The van der Waals surface area contributed by atoms with Crippen LogP contribution >= 0.6 is 0 Å². The van der Waals surface area contributed by atoms with Crippen LogP contribution in [0.5, 0.6) is 0 Å². The Balaban J connectivity index is 2.52. The summed E-state index contributed by atoms with van der Waals surface area (Å²) in [5.41, 5.74) is 6.57. The summed E-state index contributed by atoms with van der Waals surface area (Å²) >= 11 is 0. The molecule has 3 N–H and O–H groups in total. The Kier molecular flexibility index (Phi) is 3.39. The van der Waals surface area contributed by atoms with Gasteiger partial charge in [0, 0.05) is 18.2 Å². The summed E-state index contributed by atoms with van der Waals surface area (Å²) < 4.78 is 4.93. The van der Waals surface area contributed by atoms with Crippen molar-refractivity contribution in [3.8, 4) is 12.3 Å². The van der Waals surface area contributed by atoms with Crippen LogP contribution in [0.1, 0.15) is 11.6 Å². The molecule has 0 saturated carbocycles. The molecule has 1 unspecified atom stereocenters. The molecule has 0 spiro atoms. The first-order chi connectivity index (χ1) is 5.88. The highest BCUT2D eigenvalue weighted by atomic mass is 16.3. The van der Waals surface area contributed by atoms with Crippen LogP contribution in [0.4, 0.5) is 0 Å². The van der Waals surface area contributed by atoms with Gasteiger partial charge in [-0.15, -0.1) is 6.42 Å². The Morgan fingerprint density at radius 1 is 1.75 bits per heavy atom. The highest BCUT2D eigenvalue weighted by Gasteiger charge is 2.08. The van der Waals surface area contributed by atoms with E-state index in [9.17, 15) is 0 Å². The van der Waals surface area contributed by atoms with Gasteiger partial charge in [-0.05, 0) is 6.07 Å². The number of nitrogens with one attached hydrogen (secondary N) is 1. The lowest BCUT2D eigenvalue weighted by Gasteiger charge is -2.12. The minimum absolute atomic E-state index is 0.0970. The largest absolute Gasteiger partial charge is 0.472 e. The fourth-order valence-corrected chi connectivity index (χ4v) is 0.993. The third-order valence-corrected chi connectivity index (χ3v) is 1.63. The maximum absolute atomic E-state index is 5.53. The third-order valence-electron chi connectivity index (χ3n) is 1.63. The summed E-state index contributed by atoms with van der Waals surface area (Å²) in [5.74, 6) is 2.50. The first-order valence-corrected chi connectivity index (χ1v) is 3.77. The highest BCUT2D eigenvalue weighted by molar-refractivity contribution is 5.12. The summed E-state index contributed by atoms with van der Waals surface area (Å²) in [6.07, 6.45) is 8.40. The molecule has 1 aromatic rings. The van der Waals surface area contributed by atoms with Gasteiger partial charge in [0.2, 0.25) is 0 Å². The third kappa shape index (κ3) is 2.12. The Morgan fingerprint density at radius 3 is 3.08 bits per heavy atom. The van der Waals surface area contributed by atoms with Crippen molar-refractivity contribution >= 4 is 0 Å². The Labute approximate surface area is 71.9 Å². The standard InChI is InChI=1S/C9H12N2O/c1-2-4-11-9(6-10)8-3-5-12-7-8/h1,3,5,7,9,11H,4,6,10H2. The zero-order valence-corrected chi connectivity index (χ0v) is 6.79. The molecule has 0 aromatic carbocycles. The molecule has 0 radical (unpaired) electrons. The molecule has 0 amide bonds. The van der Waals surface area contributed by atoms with Gasteiger partial charge in [0.25, 0.3) is 0 Å². The minimum Gasteiger partial charge on any atom is -0.472 e. The van der Waals surface area contributed by atoms with Crippen LogP contribution in [-0.4, -0.2) is 13.1 Å². The maximum atomic E-state index is 5.53. The van der Waals surface area contributed by atoms with E-state index < -0.39 is 0 Å². The van der Waals surface area contributed by atoms with Crippen molar-refractivity contribution < 1.29 is 4.42 Å². The number of nitrogens with two attached hydrogens (primary N) is 1. The molecule has 64 valence electrons. The van der Waals surface area contributed by atoms with Crippen LogP contribution < -0.4 is 11.1 Å². The maximum Gasteiger partial charge on any atom is 0.0950 e. The number of terminal acetylenes is 1. The fraction of sp³-hybridized carbons (Fsp3) is 0.333. The van der Waals surface area contributed by atoms with Crippen molar-refractivity contribution in [3.05, 3.63) is 24.2 Å². The SMILES string of the molecule is C#CCNC(CN)c1ccoc1. The molecule has 0 aliphatic rings. The molecular weight excluding hydrogens is 152 g/mol. The quantitative estimate of drug-likeness (QED) is 0.637. The number of hydrogen-bond acceptors (Lipinski definition) is 3. The lowest BCUT2D eigenvalue weighted by atomic mass is 10.1. The molecular formula is C9H12N2O. The van der Waals surface area contributed by atoms with E-state index in [1.807, 2.05) is 6.07 Å². The molecule has 0 aliphatic carbocycles. The molecule has 3 heteroatoms. The zero-order valence-electron chi connectivity index (χ0n) is 6.79. The van der Waals surface area contributed by atoms with Crippen LogP contribution in [0.25, 0.3) is 0 Å². The van der Waals surface area contributed by atoms with Crippen LogP contribution in [0, 0.1) is 12.3 Å². The molecule has 1 rings (SSSR count). The van der Waals surface area contributed by atoms with E-state index in [1.54, 1.807) is 12.5 Å². The normalized spacial score (nSPS) is 12.3. The predicted octanol–water partition coefficient (Wildman–Crippen LogP) is 0.502. The summed E-state index contributed by atoms with van der Waals surface area (Å²) in [4.78, 5) is 0.